The third-order valence-electron chi connectivity index (χ3n) is 2.89. The molecule has 0 atom stereocenters. The molecular formula is C11H19F6N3O4S2. The summed E-state index contributed by atoms with van der Waals surface area (Å²) >= 11 is 0. The van der Waals surface area contributed by atoms with Crippen LogP contribution in [-0.4, -0.2) is 57.4 Å². The molecule has 0 amide bonds. The SMILES string of the molecule is CCCCN1C=CN(CC)C1.O=S(=O)(NS(=O)(=O)C(F)(F)F)C(F)(F)F. The lowest BCUT2D eigenvalue weighted by Crippen LogP contribution is -2.45. The van der Waals surface area contributed by atoms with Crippen molar-refractivity contribution < 1.29 is 43.2 Å². The number of nitrogens with one attached hydrogen (secondary N) is 1. The van der Waals surface area contributed by atoms with Gasteiger partial charge in [-0.15, -0.1) is 0 Å². The molecule has 1 N–H and O–H groups in total. The van der Waals surface area contributed by atoms with Crippen LogP contribution in [0.5, 0.6) is 0 Å². The lowest BCUT2D eigenvalue weighted by atomic mass is 10.3. The number of halogens is 6. The molecule has 0 fully saturated rings. The minimum atomic E-state index is -6.60. The molecule has 0 aromatic heterocycles. The van der Waals surface area contributed by atoms with Crippen molar-refractivity contribution in [3.8, 4) is 0 Å². The molecule has 0 aliphatic carbocycles. The van der Waals surface area contributed by atoms with Gasteiger partial charge < -0.3 is 9.80 Å². The van der Waals surface area contributed by atoms with Crippen LogP contribution in [-0.2, 0) is 20.0 Å². The van der Waals surface area contributed by atoms with Gasteiger partial charge in [-0.3, -0.25) is 0 Å². The fourth-order valence-electron chi connectivity index (χ4n) is 1.47. The van der Waals surface area contributed by atoms with Crippen LogP contribution in [0.2, 0.25) is 0 Å². The van der Waals surface area contributed by atoms with Gasteiger partial charge in [0.1, 0.15) is 0 Å². The molecule has 0 spiro atoms. The Kier molecular flexibility index (Phi) is 8.69. The molecule has 0 radical (unpaired) electrons. The van der Waals surface area contributed by atoms with Crippen molar-refractivity contribution in [2.24, 2.45) is 0 Å². The molecule has 0 bridgehead atoms. The summed E-state index contributed by atoms with van der Waals surface area (Å²) in [5.74, 6) is 0. The van der Waals surface area contributed by atoms with Crippen LogP contribution in [0.4, 0.5) is 26.3 Å². The number of hydrogen-bond acceptors (Lipinski definition) is 6. The fraction of sp³-hybridized carbons (Fsp3) is 0.818. The molecule has 26 heavy (non-hydrogen) atoms. The second-order valence-corrected chi connectivity index (χ2v) is 8.60. The second kappa shape index (κ2) is 9.12. The minimum absolute atomic E-state index is 0.493. The van der Waals surface area contributed by atoms with E-state index in [2.05, 4.69) is 36.0 Å². The maximum absolute atomic E-state index is 11.5. The van der Waals surface area contributed by atoms with Crippen molar-refractivity contribution in [3.63, 3.8) is 0 Å². The van der Waals surface area contributed by atoms with Gasteiger partial charge in [-0.2, -0.15) is 26.3 Å². The first-order valence-corrected chi connectivity index (χ1v) is 10.1. The van der Waals surface area contributed by atoms with E-state index in [-0.39, 0.29) is 0 Å². The van der Waals surface area contributed by atoms with Crippen LogP contribution in [0.3, 0.4) is 0 Å². The molecule has 7 nitrogen and oxygen atoms in total. The van der Waals surface area contributed by atoms with Crippen molar-refractivity contribution in [2.75, 3.05) is 19.8 Å². The number of unbranched alkanes of at least 4 members (excludes halogenated alkanes) is 1. The number of sulfonamides is 2. The van der Waals surface area contributed by atoms with E-state index in [1.807, 2.05) is 0 Å². The molecule has 1 rings (SSSR count). The maximum atomic E-state index is 11.5. The predicted molar refractivity (Wildman–Crippen MR) is 81.1 cm³/mol. The summed E-state index contributed by atoms with van der Waals surface area (Å²) in [7, 11) is -13.2. The van der Waals surface area contributed by atoms with E-state index in [4.69, 9.17) is 0 Å². The smallest absolute Gasteiger partial charge is 0.359 e. The summed E-state index contributed by atoms with van der Waals surface area (Å²) in [4.78, 5) is 4.68. The van der Waals surface area contributed by atoms with Crippen LogP contribution in [0.15, 0.2) is 12.4 Å². The van der Waals surface area contributed by atoms with Crippen LogP contribution in [0, 0.1) is 0 Å². The van der Waals surface area contributed by atoms with Gasteiger partial charge in [0.2, 0.25) is 0 Å². The van der Waals surface area contributed by atoms with E-state index in [0.717, 1.165) is 13.2 Å². The molecular weight excluding hydrogens is 416 g/mol. The summed E-state index contributed by atoms with van der Waals surface area (Å²) in [5.41, 5.74) is -12.3. The Morgan fingerprint density at radius 3 is 1.62 bits per heavy atom. The zero-order valence-corrected chi connectivity index (χ0v) is 15.4. The first-order chi connectivity index (χ1) is 11.6. The Morgan fingerprint density at radius 1 is 0.885 bits per heavy atom. The van der Waals surface area contributed by atoms with Gasteiger partial charge >= 0.3 is 31.1 Å². The van der Waals surface area contributed by atoms with Gasteiger partial charge in [0, 0.05) is 25.5 Å². The molecule has 1 aliphatic heterocycles. The molecule has 0 aromatic carbocycles. The van der Waals surface area contributed by atoms with E-state index < -0.39 is 35.2 Å². The standard InChI is InChI=1S/C9H18N2.C2HF6NO4S2/c1-3-5-6-11-8-7-10(4-2)9-11;3-1(4,5)14(10,11)9-15(12,13)2(6,7)8/h7-8H,3-6,9H2,1-2H3;9H. The number of nitrogens with zero attached hydrogens (tertiary/aromatic N) is 2. The molecule has 1 heterocycles. The van der Waals surface area contributed by atoms with Gasteiger partial charge in [-0.25, -0.2) is 16.8 Å². The highest BCUT2D eigenvalue weighted by atomic mass is 32.3. The molecule has 156 valence electrons. The number of alkyl halides is 6. The van der Waals surface area contributed by atoms with E-state index in [0.29, 0.717) is 0 Å². The topological polar surface area (TPSA) is 86.8 Å². The van der Waals surface area contributed by atoms with E-state index in [1.54, 1.807) is 0 Å². The lowest BCUT2D eigenvalue weighted by molar-refractivity contribution is -0.0476. The number of rotatable bonds is 6. The van der Waals surface area contributed by atoms with Crippen molar-refractivity contribution in [2.45, 2.75) is 37.7 Å². The predicted octanol–water partition coefficient (Wildman–Crippen LogP) is 2.13. The highest BCUT2D eigenvalue weighted by Crippen LogP contribution is 2.27. The summed E-state index contributed by atoms with van der Waals surface area (Å²) in [6.45, 7) is 7.85. The third kappa shape index (κ3) is 7.57. The average molecular weight is 435 g/mol. The Balaban J connectivity index is 0.000000502. The maximum Gasteiger partial charge on any atom is 0.512 e. The molecule has 1 aliphatic rings. The largest absolute Gasteiger partial charge is 0.512 e. The summed E-state index contributed by atoms with van der Waals surface area (Å²) in [6, 6.07) is 0. The highest BCUT2D eigenvalue weighted by Gasteiger charge is 2.55. The zero-order valence-electron chi connectivity index (χ0n) is 13.8. The second-order valence-electron chi connectivity index (χ2n) is 4.99. The minimum Gasteiger partial charge on any atom is -0.359 e. The normalized spacial score (nSPS) is 15.8. The molecule has 0 unspecified atom stereocenters. The summed E-state index contributed by atoms with van der Waals surface area (Å²) in [6.07, 6.45) is 6.97. The third-order valence-corrected chi connectivity index (χ3v) is 5.86. The van der Waals surface area contributed by atoms with Gasteiger partial charge in [-0.1, -0.05) is 17.5 Å². The summed E-state index contributed by atoms with van der Waals surface area (Å²) < 4.78 is 108. The number of hydrogen-bond donors (Lipinski definition) is 1. The van der Waals surface area contributed by atoms with Gasteiger partial charge in [0.25, 0.3) is 0 Å². The monoisotopic (exact) mass is 435 g/mol. The Morgan fingerprint density at radius 2 is 1.31 bits per heavy atom. The van der Waals surface area contributed by atoms with E-state index in [1.165, 1.54) is 19.4 Å². The molecule has 0 saturated heterocycles. The fourth-order valence-corrected chi connectivity index (χ4v) is 3.38. The Bertz CT molecular complexity index is 631. The van der Waals surface area contributed by atoms with Crippen LogP contribution in [0.1, 0.15) is 26.7 Å². The Hall–Kier alpha value is -1.22. The first kappa shape index (κ1) is 24.8. The van der Waals surface area contributed by atoms with Crippen LogP contribution >= 0.6 is 0 Å². The average Bonchev–Trinajstić information content (AvgIpc) is 2.90. The van der Waals surface area contributed by atoms with Crippen LogP contribution < -0.4 is 4.13 Å². The van der Waals surface area contributed by atoms with Crippen molar-refractivity contribution in [3.05, 3.63) is 12.4 Å². The molecule has 15 heteroatoms. The van der Waals surface area contributed by atoms with Gasteiger partial charge in [0.15, 0.2) is 0 Å². The quantitative estimate of drug-likeness (QED) is 0.644. The zero-order chi connectivity index (χ0) is 20.8. The first-order valence-electron chi connectivity index (χ1n) is 7.15. The van der Waals surface area contributed by atoms with Crippen molar-refractivity contribution in [1.82, 2.24) is 13.9 Å². The van der Waals surface area contributed by atoms with E-state index in [9.17, 15) is 43.2 Å². The van der Waals surface area contributed by atoms with E-state index >= 15 is 0 Å². The Labute approximate surface area is 147 Å². The van der Waals surface area contributed by atoms with Crippen LogP contribution in [0.25, 0.3) is 0 Å². The molecule has 0 aromatic rings. The highest BCUT2D eigenvalue weighted by molar-refractivity contribution is 8.05. The lowest BCUT2D eigenvalue weighted by Gasteiger charge is -2.19. The van der Waals surface area contributed by atoms with Crippen molar-refractivity contribution in [1.29, 1.82) is 0 Å². The van der Waals surface area contributed by atoms with Gasteiger partial charge in [-0.05, 0) is 13.3 Å². The molecule has 0 saturated carbocycles. The van der Waals surface area contributed by atoms with Gasteiger partial charge in [0.05, 0.1) is 6.67 Å². The summed E-state index contributed by atoms with van der Waals surface area (Å²) in [5, 5.41) is 0. The van der Waals surface area contributed by atoms with Crippen molar-refractivity contribution >= 4 is 20.0 Å².